The molecule has 1 heterocycles. The largest absolute Gasteiger partial charge is 0.444 e. The summed E-state index contributed by atoms with van der Waals surface area (Å²) in [5, 5.41) is 6.08. The van der Waals surface area contributed by atoms with Crippen molar-refractivity contribution in [1.29, 1.82) is 0 Å². The molecule has 1 aromatic rings. The molecule has 0 aliphatic heterocycles. The van der Waals surface area contributed by atoms with E-state index in [-0.39, 0.29) is 24.4 Å². The van der Waals surface area contributed by atoms with Crippen LogP contribution in [-0.2, 0) is 9.53 Å². The van der Waals surface area contributed by atoms with Gasteiger partial charge in [-0.1, -0.05) is 18.3 Å². The summed E-state index contributed by atoms with van der Waals surface area (Å²) < 4.78 is 5.28. The zero-order valence-electron chi connectivity index (χ0n) is 18.8. The fraction of sp³-hybridized carbons (Fsp3) is 0.636. The highest BCUT2D eigenvalue weighted by Crippen LogP contribution is 2.24. The fourth-order valence-electron chi connectivity index (χ4n) is 3.28. The number of nitrogens with one attached hydrogen (secondary N) is 2. The predicted octanol–water partition coefficient (Wildman–Crippen LogP) is 2.72. The van der Waals surface area contributed by atoms with Crippen LogP contribution in [-0.4, -0.2) is 59.2 Å². The van der Waals surface area contributed by atoms with Gasteiger partial charge in [-0.05, 0) is 47.0 Å². The van der Waals surface area contributed by atoms with Crippen molar-refractivity contribution in [2.24, 2.45) is 5.92 Å². The molecule has 1 fully saturated rings. The molecule has 0 unspecified atom stereocenters. The van der Waals surface area contributed by atoms with Crippen LogP contribution in [0.15, 0.2) is 6.20 Å². The number of hydrogen-bond acceptors (Lipinski definition) is 6. The third-order valence-corrected chi connectivity index (χ3v) is 4.68. The number of likely N-dealkylation sites (N-methyl/N-ethyl adjacent to an activating group) is 1. The van der Waals surface area contributed by atoms with Crippen LogP contribution < -0.4 is 10.6 Å². The summed E-state index contributed by atoms with van der Waals surface area (Å²) >= 11 is 0. The summed E-state index contributed by atoms with van der Waals surface area (Å²) in [7, 11) is 3.37. The molecular formula is C22H33N5O3. The van der Waals surface area contributed by atoms with Crippen molar-refractivity contribution in [2.45, 2.75) is 65.0 Å². The summed E-state index contributed by atoms with van der Waals surface area (Å²) in [4.78, 5) is 34.2. The molecule has 2 atom stereocenters. The molecule has 1 aromatic heterocycles. The highest BCUT2D eigenvalue weighted by atomic mass is 16.6. The second kappa shape index (κ2) is 10.3. The van der Waals surface area contributed by atoms with Gasteiger partial charge in [0.2, 0.25) is 5.91 Å². The minimum absolute atomic E-state index is 0.0337. The second-order valence-corrected chi connectivity index (χ2v) is 8.66. The van der Waals surface area contributed by atoms with Gasteiger partial charge in [0.15, 0.2) is 0 Å². The molecule has 2 rings (SSSR count). The second-order valence-electron chi connectivity index (χ2n) is 8.66. The van der Waals surface area contributed by atoms with E-state index in [0.29, 0.717) is 5.82 Å². The summed E-state index contributed by atoms with van der Waals surface area (Å²) in [6.45, 7) is 7.19. The smallest absolute Gasteiger partial charge is 0.410 e. The number of hydrogen-bond donors (Lipinski definition) is 2. The predicted molar refractivity (Wildman–Crippen MR) is 116 cm³/mol. The standard InChI is InChI=1S/C22H33N5O3/c1-15-24-13-17(20(23-5)25-15)11-10-16-8-7-9-18(12-16)26-19(28)14-27(6)21(29)30-22(2,3)4/h13,16,18H,7-9,12,14H2,1-6H3,(H,26,28)(H,23,24,25)/t16-,18-/m0/s1. The van der Waals surface area contributed by atoms with Gasteiger partial charge in [0.1, 0.15) is 23.8 Å². The molecule has 1 aliphatic rings. The number of carbonyl (C=O) groups excluding carboxylic acids is 2. The maximum absolute atomic E-state index is 12.4. The molecule has 8 nitrogen and oxygen atoms in total. The average Bonchev–Trinajstić information content (AvgIpc) is 2.65. The lowest BCUT2D eigenvalue weighted by Crippen LogP contribution is -2.45. The Balaban J connectivity index is 1.90. The zero-order chi connectivity index (χ0) is 22.3. The monoisotopic (exact) mass is 415 g/mol. The molecular weight excluding hydrogens is 382 g/mol. The molecule has 30 heavy (non-hydrogen) atoms. The normalized spacial score (nSPS) is 18.6. The van der Waals surface area contributed by atoms with Crippen molar-refractivity contribution >= 4 is 17.8 Å². The molecule has 2 N–H and O–H groups in total. The first-order chi connectivity index (χ1) is 14.1. The number of aromatic nitrogens is 2. The minimum Gasteiger partial charge on any atom is -0.444 e. The van der Waals surface area contributed by atoms with Gasteiger partial charge in [-0.2, -0.15) is 0 Å². The highest BCUT2D eigenvalue weighted by molar-refractivity contribution is 5.82. The number of amides is 2. The van der Waals surface area contributed by atoms with E-state index < -0.39 is 11.7 Å². The Kier molecular flexibility index (Phi) is 8.04. The van der Waals surface area contributed by atoms with E-state index in [1.807, 2.05) is 14.0 Å². The first kappa shape index (κ1) is 23.5. The molecule has 164 valence electrons. The van der Waals surface area contributed by atoms with Crippen LogP contribution in [0.4, 0.5) is 10.6 Å². The van der Waals surface area contributed by atoms with Crippen molar-refractivity contribution in [3.63, 3.8) is 0 Å². The lowest BCUT2D eigenvalue weighted by molar-refractivity contribution is -0.123. The summed E-state index contributed by atoms with van der Waals surface area (Å²) in [6.07, 6.45) is 4.92. The van der Waals surface area contributed by atoms with Gasteiger partial charge >= 0.3 is 6.09 Å². The number of aryl methyl sites for hydroxylation is 1. The maximum atomic E-state index is 12.4. The van der Waals surface area contributed by atoms with Crippen LogP contribution in [0.1, 0.15) is 57.8 Å². The van der Waals surface area contributed by atoms with E-state index in [2.05, 4.69) is 32.4 Å². The van der Waals surface area contributed by atoms with E-state index >= 15 is 0 Å². The minimum atomic E-state index is -0.591. The van der Waals surface area contributed by atoms with Gasteiger partial charge in [-0.3, -0.25) is 4.79 Å². The summed E-state index contributed by atoms with van der Waals surface area (Å²) in [5.41, 5.74) is 0.181. The van der Waals surface area contributed by atoms with Crippen molar-refractivity contribution in [3.05, 3.63) is 17.6 Å². The third-order valence-electron chi connectivity index (χ3n) is 4.68. The van der Waals surface area contributed by atoms with Crippen molar-refractivity contribution < 1.29 is 14.3 Å². The van der Waals surface area contributed by atoms with E-state index in [1.54, 1.807) is 34.0 Å². The number of anilines is 1. The molecule has 1 aliphatic carbocycles. The van der Waals surface area contributed by atoms with Crippen LogP contribution in [0.2, 0.25) is 0 Å². The zero-order valence-corrected chi connectivity index (χ0v) is 18.8. The quantitative estimate of drug-likeness (QED) is 0.734. The third kappa shape index (κ3) is 7.54. The maximum Gasteiger partial charge on any atom is 0.410 e. The SMILES string of the molecule is CNc1nc(C)ncc1C#C[C@@H]1CCC[C@H](NC(=O)CN(C)C(=O)OC(C)(C)C)C1. The van der Waals surface area contributed by atoms with E-state index in [1.165, 1.54) is 4.90 Å². The van der Waals surface area contributed by atoms with Crippen LogP contribution in [0.3, 0.4) is 0 Å². The Labute approximate surface area is 179 Å². The van der Waals surface area contributed by atoms with Gasteiger partial charge in [0, 0.05) is 32.3 Å². The molecule has 0 aromatic carbocycles. The van der Waals surface area contributed by atoms with Crippen molar-refractivity contribution in [2.75, 3.05) is 26.0 Å². The topological polar surface area (TPSA) is 96.5 Å². The number of ether oxygens (including phenoxy) is 1. The molecule has 8 heteroatoms. The first-order valence-corrected chi connectivity index (χ1v) is 10.3. The Morgan fingerprint density at radius 1 is 1.33 bits per heavy atom. The van der Waals surface area contributed by atoms with Gasteiger partial charge in [0.25, 0.3) is 0 Å². The van der Waals surface area contributed by atoms with Gasteiger partial charge in [-0.25, -0.2) is 14.8 Å². The Morgan fingerprint density at radius 2 is 2.07 bits per heavy atom. The van der Waals surface area contributed by atoms with Crippen molar-refractivity contribution in [1.82, 2.24) is 20.2 Å². The number of rotatable bonds is 4. The number of nitrogens with zero attached hydrogens (tertiary/aromatic N) is 3. The first-order valence-electron chi connectivity index (χ1n) is 10.3. The molecule has 0 saturated heterocycles. The fourth-order valence-corrected chi connectivity index (χ4v) is 3.28. The lowest BCUT2D eigenvalue weighted by Gasteiger charge is -2.28. The summed E-state index contributed by atoms with van der Waals surface area (Å²) in [6, 6.07) is 0.0515. The molecule has 1 saturated carbocycles. The Morgan fingerprint density at radius 3 is 2.73 bits per heavy atom. The van der Waals surface area contributed by atoms with Crippen LogP contribution >= 0.6 is 0 Å². The number of carbonyl (C=O) groups is 2. The molecule has 0 bridgehead atoms. The Bertz CT molecular complexity index is 822. The molecule has 0 radical (unpaired) electrons. The molecule has 0 spiro atoms. The van der Waals surface area contributed by atoms with E-state index in [9.17, 15) is 9.59 Å². The van der Waals surface area contributed by atoms with Crippen LogP contribution in [0.25, 0.3) is 0 Å². The summed E-state index contributed by atoms with van der Waals surface area (Å²) in [5.74, 6) is 7.92. The van der Waals surface area contributed by atoms with Gasteiger partial charge in [0.05, 0.1) is 5.56 Å². The van der Waals surface area contributed by atoms with E-state index in [4.69, 9.17) is 4.74 Å². The van der Waals surface area contributed by atoms with Crippen molar-refractivity contribution in [3.8, 4) is 11.8 Å². The lowest BCUT2D eigenvalue weighted by atomic mass is 9.86. The Hall–Kier alpha value is -2.82. The molecule has 2 amide bonds. The van der Waals surface area contributed by atoms with E-state index in [0.717, 1.165) is 37.1 Å². The average molecular weight is 416 g/mol. The van der Waals surface area contributed by atoms with Gasteiger partial charge < -0.3 is 20.3 Å². The van der Waals surface area contributed by atoms with Crippen LogP contribution in [0.5, 0.6) is 0 Å². The van der Waals surface area contributed by atoms with Crippen LogP contribution in [0, 0.1) is 24.7 Å². The highest BCUT2D eigenvalue weighted by Gasteiger charge is 2.25. The van der Waals surface area contributed by atoms with Gasteiger partial charge in [-0.15, -0.1) is 0 Å².